The van der Waals surface area contributed by atoms with Crippen molar-refractivity contribution in [2.24, 2.45) is 5.92 Å². The van der Waals surface area contributed by atoms with Crippen LogP contribution in [0.5, 0.6) is 0 Å². The lowest BCUT2D eigenvalue weighted by atomic mass is 9.91. The molecule has 0 aromatic carbocycles. The number of carbonyl (C=O) groups is 1. The van der Waals surface area contributed by atoms with E-state index in [0.717, 1.165) is 19.4 Å². The molecule has 1 aromatic rings. The summed E-state index contributed by atoms with van der Waals surface area (Å²) in [5.41, 5.74) is 6.77. The maximum absolute atomic E-state index is 12.7. The predicted molar refractivity (Wildman–Crippen MR) is 75.1 cm³/mol. The van der Waals surface area contributed by atoms with Crippen LogP contribution in [0.3, 0.4) is 0 Å². The van der Waals surface area contributed by atoms with Crippen LogP contribution < -0.4 is 5.73 Å². The normalized spacial score (nSPS) is 26.3. The van der Waals surface area contributed by atoms with Gasteiger partial charge in [-0.25, -0.2) is 4.98 Å². The molecule has 102 valence electrons. The smallest absolute Gasteiger partial charge is 0.256 e. The molecule has 0 bridgehead atoms. The van der Waals surface area contributed by atoms with E-state index in [1.165, 1.54) is 25.5 Å². The van der Waals surface area contributed by atoms with E-state index in [1.54, 1.807) is 6.07 Å². The number of carbonyl (C=O) groups excluding carboxylic acids is 1. The topological polar surface area (TPSA) is 59.2 Å². The van der Waals surface area contributed by atoms with E-state index in [0.29, 0.717) is 28.4 Å². The van der Waals surface area contributed by atoms with E-state index in [9.17, 15) is 4.79 Å². The molecule has 1 aromatic heterocycles. The highest BCUT2D eigenvalue weighted by Gasteiger charge is 2.37. The number of likely N-dealkylation sites (tertiary alicyclic amines) is 1. The number of hydrogen-bond acceptors (Lipinski definition) is 3. The average Bonchev–Trinajstić information content (AvgIpc) is 2.89. The first-order valence-corrected chi connectivity index (χ1v) is 7.26. The molecule has 1 saturated carbocycles. The zero-order valence-corrected chi connectivity index (χ0v) is 11.6. The van der Waals surface area contributed by atoms with Crippen LogP contribution in [0.1, 0.15) is 42.5 Å². The van der Waals surface area contributed by atoms with Crippen molar-refractivity contribution in [1.29, 1.82) is 0 Å². The van der Waals surface area contributed by atoms with Crippen LogP contribution in [0.2, 0.25) is 5.15 Å². The summed E-state index contributed by atoms with van der Waals surface area (Å²) < 4.78 is 0. The minimum atomic E-state index is 0.0124. The number of halogens is 1. The zero-order valence-electron chi connectivity index (χ0n) is 10.8. The van der Waals surface area contributed by atoms with Gasteiger partial charge in [0.1, 0.15) is 5.15 Å². The molecule has 1 saturated heterocycles. The van der Waals surface area contributed by atoms with Crippen LogP contribution >= 0.6 is 11.6 Å². The Bertz CT molecular complexity index is 505. The summed E-state index contributed by atoms with van der Waals surface area (Å²) in [5, 5.41) is 0.317. The van der Waals surface area contributed by atoms with Gasteiger partial charge in [0.15, 0.2) is 0 Å². The molecule has 3 rings (SSSR count). The number of aromatic nitrogens is 1. The number of rotatable bonds is 1. The highest BCUT2D eigenvalue weighted by molar-refractivity contribution is 6.29. The van der Waals surface area contributed by atoms with Crippen molar-refractivity contribution in [3.8, 4) is 0 Å². The molecule has 19 heavy (non-hydrogen) atoms. The Morgan fingerprint density at radius 2 is 2.16 bits per heavy atom. The fraction of sp³-hybridized carbons (Fsp3) is 0.571. The molecule has 2 aliphatic rings. The first kappa shape index (κ1) is 12.7. The number of nitrogen functional groups attached to an aromatic ring is 1. The van der Waals surface area contributed by atoms with E-state index in [4.69, 9.17) is 17.3 Å². The molecule has 2 heterocycles. The lowest BCUT2D eigenvalue weighted by Crippen LogP contribution is -2.46. The molecule has 1 amide bonds. The number of hydrogen-bond donors (Lipinski definition) is 1. The monoisotopic (exact) mass is 279 g/mol. The Kier molecular flexibility index (Phi) is 3.35. The molecule has 2 unspecified atom stereocenters. The lowest BCUT2D eigenvalue weighted by Gasteiger charge is -2.38. The third kappa shape index (κ3) is 2.29. The summed E-state index contributed by atoms with van der Waals surface area (Å²) in [4.78, 5) is 18.6. The fourth-order valence-corrected chi connectivity index (χ4v) is 3.64. The second-order valence-electron chi connectivity index (χ2n) is 5.49. The number of piperidine rings is 1. The first-order valence-electron chi connectivity index (χ1n) is 6.89. The van der Waals surface area contributed by atoms with Crippen LogP contribution in [0.25, 0.3) is 0 Å². The molecule has 0 radical (unpaired) electrons. The van der Waals surface area contributed by atoms with E-state index >= 15 is 0 Å². The summed E-state index contributed by atoms with van der Waals surface area (Å²) in [6.07, 6.45) is 7.40. The van der Waals surface area contributed by atoms with E-state index in [2.05, 4.69) is 4.98 Å². The Balaban J connectivity index is 1.88. The fourth-order valence-electron chi connectivity index (χ4n) is 3.49. The Morgan fingerprint density at radius 1 is 1.37 bits per heavy atom. The van der Waals surface area contributed by atoms with Crippen LogP contribution in [0.4, 0.5) is 5.69 Å². The molecule has 2 N–H and O–H groups in total. The molecular weight excluding hydrogens is 262 g/mol. The summed E-state index contributed by atoms with van der Waals surface area (Å²) in [7, 11) is 0. The van der Waals surface area contributed by atoms with E-state index in [1.807, 2.05) is 4.90 Å². The van der Waals surface area contributed by atoms with Crippen LogP contribution in [-0.4, -0.2) is 28.4 Å². The van der Waals surface area contributed by atoms with E-state index < -0.39 is 0 Å². The van der Waals surface area contributed by atoms with Crippen molar-refractivity contribution in [3.63, 3.8) is 0 Å². The van der Waals surface area contributed by atoms with Gasteiger partial charge in [0.05, 0.1) is 17.4 Å². The van der Waals surface area contributed by atoms with Crippen molar-refractivity contribution in [2.75, 3.05) is 12.3 Å². The largest absolute Gasteiger partial charge is 0.397 e. The van der Waals surface area contributed by atoms with Gasteiger partial charge < -0.3 is 10.6 Å². The Morgan fingerprint density at radius 3 is 3.00 bits per heavy atom. The van der Waals surface area contributed by atoms with Crippen molar-refractivity contribution < 1.29 is 4.79 Å². The standard InChI is InChI=1S/C14H18ClN3O/c15-13-7-10(11(16)8-17-13)14(19)18-6-2-4-9-3-1-5-12(9)18/h7-9,12H,1-6,16H2. The summed E-state index contributed by atoms with van der Waals surface area (Å²) in [6.45, 7) is 0.833. The second-order valence-corrected chi connectivity index (χ2v) is 5.88. The van der Waals surface area contributed by atoms with E-state index in [-0.39, 0.29) is 5.91 Å². The van der Waals surface area contributed by atoms with Crippen LogP contribution in [-0.2, 0) is 0 Å². The molecule has 2 fully saturated rings. The summed E-state index contributed by atoms with van der Waals surface area (Å²) >= 11 is 5.87. The zero-order chi connectivity index (χ0) is 13.4. The van der Waals surface area contributed by atoms with Gasteiger partial charge in [0.2, 0.25) is 0 Å². The van der Waals surface area contributed by atoms with Gasteiger partial charge >= 0.3 is 0 Å². The molecule has 1 aliphatic carbocycles. The highest BCUT2D eigenvalue weighted by atomic mass is 35.5. The van der Waals surface area contributed by atoms with Gasteiger partial charge in [-0.05, 0) is 37.7 Å². The Labute approximate surface area is 117 Å². The molecule has 5 heteroatoms. The number of pyridine rings is 1. The van der Waals surface area contributed by atoms with Gasteiger partial charge in [0, 0.05) is 12.6 Å². The maximum Gasteiger partial charge on any atom is 0.256 e. The molecule has 2 atom stereocenters. The third-order valence-electron chi connectivity index (χ3n) is 4.39. The molecular formula is C14H18ClN3O. The molecule has 4 nitrogen and oxygen atoms in total. The first-order chi connectivity index (χ1) is 9.16. The lowest BCUT2D eigenvalue weighted by molar-refractivity contribution is 0.0549. The number of nitrogens with two attached hydrogens (primary N) is 1. The number of fused-ring (bicyclic) bond motifs is 1. The second kappa shape index (κ2) is 5.00. The minimum absolute atomic E-state index is 0.0124. The quantitative estimate of drug-likeness (QED) is 0.804. The van der Waals surface area contributed by atoms with Gasteiger partial charge in [-0.2, -0.15) is 0 Å². The molecule has 0 spiro atoms. The van der Waals surface area contributed by atoms with Crippen LogP contribution in [0, 0.1) is 5.92 Å². The van der Waals surface area contributed by atoms with Crippen molar-refractivity contribution in [1.82, 2.24) is 9.88 Å². The van der Waals surface area contributed by atoms with Gasteiger partial charge in [0.25, 0.3) is 5.91 Å². The third-order valence-corrected chi connectivity index (χ3v) is 4.59. The molecule has 1 aliphatic heterocycles. The Hall–Kier alpha value is -1.29. The number of nitrogens with zero attached hydrogens (tertiary/aromatic N) is 2. The summed E-state index contributed by atoms with van der Waals surface area (Å²) in [6, 6.07) is 1.98. The van der Waals surface area contributed by atoms with Gasteiger partial charge in [-0.3, -0.25) is 4.79 Å². The predicted octanol–water partition coefficient (Wildman–Crippen LogP) is 2.72. The number of anilines is 1. The SMILES string of the molecule is Nc1cnc(Cl)cc1C(=O)N1CCCC2CCCC21. The maximum atomic E-state index is 12.7. The van der Waals surface area contributed by atoms with Crippen molar-refractivity contribution in [2.45, 2.75) is 38.1 Å². The van der Waals surface area contributed by atoms with Gasteiger partial charge in [-0.1, -0.05) is 18.0 Å². The van der Waals surface area contributed by atoms with Crippen molar-refractivity contribution in [3.05, 3.63) is 23.0 Å². The minimum Gasteiger partial charge on any atom is -0.397 e. The summed E-state index contributed by atoms with van der Waals surface area (Å²) in [5.74, 6) is 0.689. The van der Waals surface area contributed by atoms with Crippen molar-refractivity contribution >= 4 is 23.2 Å². The average molecular weight is 280 g/mol. The van der Waals surface area contributed by atoms with Gasteiger partial charge in [-0.15, -0.1) is 0 Å². The highest BCUT2D eigenvalue weighted by Crippen LogP contribution is 2.37. The number of amides is 1. The van der Waals surface area contributed by atoms with Crippen LogP contribution in [0.15, 0.2) is 12.3 Å².